The number of benzene rings is 2. The van der Waals surface area contributed by atoms with Gasteiger partial charge in [0.15, 0.2) is 5.78 Å². The molecule has 3 heterocycles. The fourth-order valence-electron chi connectivity index (χ4n) is 4.51. The molecule has 0 spiro atoms. The zero-order valence-corrected chi connectivity index (χ0v) is 17.7. The summed E-state index contributed by atoms with van der Waals surface area (Å²) in [7, 11) is 0. The van der Waals surface area contributed by atoms with Gasteiger partial charge in [-0.25, -0.2) is 4.68 Å². The van der Waals surface area contributed by atoms with E-state index >= 15 is 0 Å². The second-order valence-electron chi connectivity index (χ2n) is 8.21. The van der Waals surface area contributed by atoms with E-state index < -0.39 is 0 Å². The molecule has 5 heteroatoms. The molecule has 156 valence electrons. The molecule has 1 N–H and O–H groups in total. The maximum Gasteiger partial charge on any atom is 0.186 e. The summed E-state index contributed by atoms with van der Waals surface area (Å²) in [5, 5.41) is 8.46. The predicted octanol–water partition coefficient (Wildman–Crippen LogP) is 4.43. The van der Waals surface area contributed by atoms with Gasteiger partial charge in [0, 0.05) is 28.6 Å². The predicted molar refractivity (Wildman–Crippen MR) is 125 cm³/mol. The summed E-state index contributed by atoms with van der Waals surface area (Å²) >= 11 is 0. The molecule has 1 aromatic heterocycles. The number of aliphatic imine (C=N–C) groups is 1. The van der Waals surface area contributed by atoms with Gasteiger partial charge in [-0.3, -0.25) is 9.79 Å². The van der Waals surface area contributed by atoms with Crippen LogP contribution in [0, 0.1) is 0 Å². The molecule has 0 saturated carbocycles. The molecule has 0 bridgehead atoms. The minimum Gasteiger partial charge on any atom is -0.317 e. The Hall–Kier alpha value is -3.31. The van der Waals surface area contributed by atoms with Crippen LogP contribution in [0.4, 0.5) is 0 Å². The Morgan fingerprint density at radius 2 is 1.77 bits per heavy atom. The van der Waals surface area contributed by atoms with E-state index in [-0.39, 0.29) is 12.3 Å². The number of rotatable bonds is 4. The van der Waals surface area contributed by atoms with Crippen molar-refractivity contribution in [2.24, 2.45) is 4.99 Å². The van der Waals surface area contributed by atoms with E-state index in [2.05, 4.69) is 46.7 Å². The third-order valence-corrected chi connectivity index (χ3v) is 6.20. The summed E-state index contributed by atoms with van der Waals surface area (Å²) in [6, 6.07) is 18.7. The highest BCUT2D eigenvalue weighted by molar-refractivity contribution is 6.28. The van der Waals surface area contributed by atoms with Crippen LogP contribution in [0.2, 0.25) is 0 Å². The highest BCUT2D eigenvalue weighted by Gasteiger charge is 2.22. The fourth-order valence-corrected chi connectivity index (χ4v) is 4.51. The number of Topliss-reactive ketones (excluding diaryl/α,β-unsaturated/α-hetero) is 1. The van der Waals surface area contributed by atoms with Crippen molar-refractivity contribution in [3.8, 4) is 16.9 Å². The number of nitrogens with zero attached hydrogens (tertiary/aromatic N) is 3. The first kappa shape index (κ1) is 19.6. The van der Waals surface area contributed by atoms with Gasteiger partial charge in [0.2, 0.25) is 0 Å². The highest BCUT2D eigenvalue weighted by atomic mass is 16.1. The van der Waals surface area contributed by atoms with Crippen LogP contribution in [0.5, 0.6) is 0 Å². The first-order valence-corrected chi connectivity index (χ1v) is 10.9. The molecule has 3 aromatic rings. The summed E-state index contributed by atoms with van der Waals surface area (Å²) < 4.78 is 1.98. The molecule has 0 aliphatic carbocycles. The smallest absolute Gasteiger partial charge is 0.186 e. The van der Waals surface area contributed by atoms with Gasteiger partial charge in [-0.2, -0.15) is 5.10 Å². The molecule has 2 aliphatic rings. The van der Waals surface area contributed by atoms with E-state index in [0.717, 1.165) is 54.2 Å². The Morgan fingerprint density at radius 3 is 2.52 bits per heavy atom. The van der Waals surface area contributed by atoms with Gasteiger partial charge in [-0.15, -0.1) is 0 Å². The number of aromatic nitrogens is 2. The lowest BCUT2D eigenvalue weighted by Gasteiger charge is -2.25. The minimum atomic E-state index is 0.0689. The van der Waals surface area contributed by atoms with Crippen LogP contribution < -0.4 is 5.32 Å². The Bertz CT molecular complexity index is 1170. The lowest BCUT2D eigenvalue weighted by atomic mass is 9.89. The van der Waals surface area contributed by atoms with Gasteiger partial charge >= 0.3 is 0 Å². The Balaban J connectivity index is 1.64. The normalized spacial score (nSPS) is 18.5. The first-order valence-electron chi connectivity index (χ1n) is 10.9. The van der Waals surface area contributed by atoms with Crippen molar-refractivity contribution < 1.29 is 4.79 Å². The molecule has 5 nitrogen and oxygen atoms in total. The zero-order chi connectivity index (χ0) is 21.2. The highest BCUT2D eigenvalue weighted by Crippen LogP contribution is 2.32. The number of piperidine rings is 1. The van der Waals surface area contributed by atoms with Crippen molar-refractivity contribution in [1.82, 2.24) is 15.1 Å². The maximum atomic E-state index is 12.4. The van der Waals surface area contributed by atoms with Gasteiger partial charge in [-0.05, 0) is 56.5 Å². The van der Waals surface area contributed by atoms with E-state index in [4.69, 9.17) is 5.10 Å². The molecule has 0 radical (unpaired) electrons. The van der Waals surface area contributed by atoms with Gasteiger partial charge in [0.05, 0.1) is 11.4 Å². The molecule has 31 heavy (non-hydrogen) atoms. The summed E-state index contributed by atoms with van der Waals surface area (Å²) in [6.45, 7) is 4.23. The average molecular weight is 411 g/mol. The number of carbonyl (C=O) groups is 1. The van der Waals surface area contributed by atoms with Crippen molar-refractivity contribution in [3.05, 3.63) is 77.5 Å². The lowest BCUT2D eigenvalue weighted by molar-refractivity contribution is -0.113. The molecule has 1 fully saturated rings. The molecule has 2 aromatic carbocycles. The summed E-state index contributed by atoms with van der Waals surface area (Å²) in [5.74, 6) is 0.591. The van der Waals surface area contributed by atoms with Crippen molar-refractivity contribution in [3.63, 3.8) is 0 Å². The van der Waals surface area contributed by atoms with Crippen molar-refractivity contribution in [2.75, 3.05) is 19.6 Å². The monoisotopic (exact) mass is 410 g/mol. The van der Waals surface area contributed by atoms with Crippen LogP contribution in [-0.4, -0.2) is 40.9 Å². The minimum absolute atomic E-state index is 0.0689. The summed E-state index contributed by atoms with van der Waals surface area (Å²) in [4.78, 5) is 16.7. The number of carbonyl (C=O) groups excluding carboxylic acids is 1. The third-order valence-electron chi connectivity index (χ3n) is 6.20. The van der Waals surface area contributed by atoms with Crippen LogP contribution in [0.1, 0.15) is 36.8 Å². The van der Waals surface area contributed by atoms with Gasteiger partial charge < -0.3 is 5.32 Å². The van der Waals surface area contributed by atoms with E-state index in [1.165, 1.54) is 5.56 Å². The SMILES string of the molecule is CC1=NCC(=O)/C1=C\c1cn(-c2ccccc2C2CCNCC2)nc1-c1ccccc1. The quantitative estimate of drug-likeness (QED) is 0.647. The maximum absolute atomic E-state index is 12.4. The standard InChI is InChI=1S/C26H26N4O/c1-18-23(25(31)16-28-18)15-21-17-30(29-26(21)20-7-3-2-4-8-20)24-10-6-5-9-22(24)19-11-13-27-14-12-19/h2-10,15,17,19,27H,11-14,16H2,1H3/b23-15-. The molecule has 0 amide bonds. The van der Waals surface area contributed by atoms with E-state index in [0.29, 0.717) is 11.5 Å². The van der Waals surface area contributed by atoms with E-state index in [1.54, 1.807) is 0 Å². The van der Waals surface area contributed by atoms with Crippen LogP contribution in [-0.2, 0) is 4.79 Å². The number of nitrogens with one attached hydrogen (secondary N) is 1. The Kier molecular flexibility index (Phi) is 5.35. The molecule has 0 atom stereocenters. The van der Waals surface area contributed by atoms with Gasteiger partial charge in [-0.1, -0.05) is 48.5 Å². The van der Waals surface area contributed by atoms with Crippen LogP contribution in [0.3, 0.4) is 0 Å². The molecule has 2 aliphatic heterocycles. The first-order chi connectivity index (χ1) is 15.2. The second kappa shape index (κ2) is 8.44. The fraction of sp³-hybridized carbons (Fsp3) is 0.269. The summed E-state index contributed by atoms with van der Waals surface area (Å²) in [6.07, 6.45) is 6.26. The summed E-state index contributed by atoms with van der Waals surface area (Å²) in [5.41, 5.74) is 6.77. The number of ketones is 1. The van der Waals surface area contributed by atoms with Gasteiger partial charge in [0.1, 0.15) is 6.54 Å². The average Bonchev–Trinajstić information content (AvgIpc) is 3.39. The van der Waals surface area contributed by atoms with Crippen LogP contribution in [0.15, 0.2) is 71.4 Å². The lowest BCUT2D eigenvalue weighted by Crippen LogP contribution is -2.27. The molecule has 0 unspecified atom stereocenters. The molecular formula is C26H26N4O. The van der Waals surface area contributed by atoms with Crippen molar-refractivity contribution in [1.29, 1.82) is 0 Å². The molecular weight excluding hydrogens is 384 g/mol. The largest absolute Gasteiger partial charge is 0.317 e. The zero-order valence-electron chi connectivity index (χ0n) is 17.7. The number of hydrogen-bond donors (Lipinski definition) is 1. The van der Waals surface area contributed by atoms with Gasteiger partial charge in [0.25, 0.3) is 0 Å². The molecule has 1 saturated heterocycles. The van der Waals surface area contributed by atoms with E-state index in [1.807, 2.05) is 42.1 Å². The Morgan fingerprint density at radius 1 is 1.03 bits per heavy atom. The van der Waals surface area contributed by atoms with Crippen LogP contribution >= 0.6 is 0 Å². The number of para-hydroxylation sites is 1. The number of hydrogen-bond acceptors (Lipinski definition) is 4. The topological polar surface area (TPSA) is 59.3 Å². The van der Waals surface area contributed by atoms with E-state index in [9.17, 15) is 4.79 Å². The molecule has 5 rings (SSSR count). The Labute approximate surface area is 182 Å². The second-order valence-corrected chi connectivity index (χ2v) is 8.21. The third kappa shape index (κ3) is 3.89. The van der Waals surface area contributed by atoms with Crippen LogP contribution in [0.25, 0.3) is 23.0 Å². The van der Waals surface area contributed by atoms with Crippen molar-refractivity contribution in [2.45, 2.75) is 25.7 Å². The van der Waals surface area contributed by atoms with Crippen molar-refractivity contribution >= 4 is 17.6 Å².